The first-order valence-corrected chi connectivity index (χ1v) is 9.60. The summed E-state index contributed by atoms with van der Waals surface area (Å²) in [6, 6.07) is 16.4. The van der Waals surface area contributed by atoms with Gasteiger partial charge >= 0.3 is 0 Å². The molecule has 0 spiro atoms. The van der Waals surface area contributed by atoms with Crippen LogP contribution < -0.4 is 10.9 Å². The predicted molar refractivity (Wildman–Crippen MR) is 112 cm³/mol. The molecule has 0 aliphatic rings. The highest BCUT2D eigenvalue weighted by Gasteiger charge is 2.23. The fourth-order valence-electron chi connectivity index (χ4n) is 3.30. The van der Waals surface area contributed by atoms with Gasteiger partial charge in [-0.05, 0) is 37.0 Å². The number of fused-ring (bicyclic) bond motifs is 1. The van der Waals surface area contributed by atoms with E-state index in [1.54, 1.807) is 22.8 Å². The molecule has 5 heteroatoms. The highest BCUT2D eigenvalue weighted by molar-refractivity contribution is 6.02. The molecule has 28 heavy (non-hydrogen) atoms. The number of pyridine rings is 1. The molecule has 0 saturated heterocycles. The Hall–Kier alpha value is -3.08. The summed E-state index contributed by atoms with van der Waals surface area (Å²) in [4.78, 5) is 26.0. The SMILES string of the molecule is CC(C)CCn1c(=O)c(C(=O)NC(C)c2ccccc2)c(O)c2ccccc21. The number of nitrogens with zero attached hydrogens (tertiary/aromatic N) is 1. The molecule has 1 amide bonds. The molecule has 2 N–H and O–H groups in total. The van der Waals surface area contributed by atoms with Crippen molar-refractivity contribution in [3.63, 3.8) is 0 Å². The number of carbonyl (C=O) groups excluding carboxylic acids is 1. The van der Waals surface area contributed by atoms with Crippen molar-refractivity contribution in [1.29, 1.82) is 0 Å². The van der Waals surface area contributed by atoms with Crippen LogP contribution in [0, 0.1) is 5.92 Å². The molecule has 0 aliphatic heterocycles. The second-order valence-corrected chi connectivity index (χ2v) is 7.49. The number of nitrogens with one attached hydrogen (secondary N) is 1. The van der Waals surface area contributed by atoms with E-state index in [2.05, 4.69) is 19.2 Å². The molecule has 1 unspecified atom stereocenters. The van der Waals surface area contributed by atoms with Gasteiger partial charge in [-0.2, -0.15) is 0 Å². The number of carbonyl (C=O) groups is 1. The normalized spacial score (nSPS) is 12.3. The molecule has 1 aromatic heterocycles. The summed E-state index contributed by atoms with van der Waals surface area (Å²) in [6.07, 6.45) is 0.802. The molecule has 0 aliphatic carbocycles. The molecule has 3 aromatic rings. The van der Waals surface area contributed by atoms with Crippen LogP contribution in [0.4, 0.5) is 0 Å². The first kappa shape index (κ1) is 19.7. The van der Waals surface area contributed by atoms with Crippen LogP contribution in [0.1, 0.15) is 49.2 Å². The van der Waals surface area contributed by atoms with Crippen molar-refractivity contribution >= 4 is 16.8 Å². The quantitative estimate of drug-likeness (QED) is 0.674. The smallest absolute Gasteiger partial charge is 0.267 e. The van der Waals surface area contributed by atoms with Crippen molar-refractivity contribution in [1.82, 2.24) is 9.88 Å². The second kappa shape index (κ2) is 8.30. The topological polar surface area (TPSA) is 71.3 Å². The van der Waals surface area contributed by atoms with E-state index in [1.165, 1.54) is 0 Å². The Morgan fingerprint density at radius 1 is 1.04 bits per heavy atom. The fourth-order valence-corrected chi connectivity index (χ4v) is 3.30. The summed E-state index contributed by atoms with van der Waals surface area (Å²) in [5.74, 6) is -0.420. The summed E-state index contributed by atoms with van der Waals surface area (Å²) in [5.41, 5.74) is 0.898. The lowest BCUT2D eigenvalue weighted by Crippen LogP contribution is -2.35. The van der Waals surface area contributed by atoms with E-state index in [4.69, 9.17) is 0 Å². The van der Waals surface area contributed by atoms with Crippen LogP contribution in [-0.2, 0) is 6.54 Å². The maximum Gasteiger partial charge on any atom is 0.267 e. The Kier molecular flexibility index (Phi) is 5.83. The number of aromatic nitrogens is 1. The number of benzene rings is 2. The Morgan fingerprint density at radius 2 is 1.68 bits per heavy atom. The van der Waals surface area contributed by atoms with Crippen molar-refractivity contribution in [3.8, 4) is 5.75 Å². The maximum absolute atomic E-state index is 13.1. The first-order valence-electron chi connectivity index (χ1n) is 9.60. The van der Waals surface area contributed by atoms with Crippen LogP contribution in [0.5, 0.6) is 5.75 Å². The second-order valence-electron chi connectivity index (χ2n) is 7.49. The zero-order valence-corrected chi connectivity index (χ0v) is 16.5. The van der Waals surface area contributed by atoms with Gasteiger partial charge < -0.3 is 15.0 Å². The summed E-state index contributed by atoms with van der Waals surface area (Å²) in [6.45, 7) is 6.51. The Bertz CT molecular complexity index is 1040. The van der Waals surface area contributed by atoms with Gasteiger partial charge in [-0.3, -0.25) is 9.59 Å². The highest BCUT2D eigenvalue weighted by atomic mass is 16.3. The minimum absolute atomic E-state index is 0.203. The van der Waals surface area contributed by atoms with E-state index in [9.17, 15) is 14.7 Å². The highest BCUT2D eigenvalue weighted by Crippen LogP contribution is 2.27. The van der Waals surface area contributed by atoms with Gasteiger partial charge in [0.05, 0.1) is 11.6 Å². The molecule has 1 heterocycles. The zero-order chi connectivity index (χ0) is 20.3. The third kappa shape index (κ3) is 3.93. The number of rotatable bonds is 6. The van der Waals surface area contributed by atoms with Crippen LogP contribution in [-0.4, -0.2) is 15.6 Å². The number of aromatic hydroxyl groups is 1. The summed E-state index contributed by atoms with van der Waals surface area (Å²) < 4.78 is 1.59. The third-order valence-electron chi connectivity index (χ3n) is 4.95. The molecular formula is C23H26N2O3. The molecule has 0 bridgehead atoms. The van der Waals surface area contributed by atoms with Crippen molar-refractivity contribution in [2.45, 2.75) is 39.8 Å². The molecule has 0 saturated carbocycles. The van der Waals surface area contributed by atoms with E-state index in [0.717, 1.165) is 12.0 Å². The average molecular weight is 378 g/mol. The van der Waals surface area contributed by atoms with E-state index in [0.29, 0.717) is 23.4 Å². The van der Waals surface area contributed by atoms with Gasteiger partial charge in [-0.25, -0.2) is 0 Å². The molecule has 0 fully saturated rings. The number of amides is 1. The average Bonchev–Trinajstić information content (AvgIpc) is 2.68. The van der Waals surface area contributed by atoms with Crippen LogP contribution >= 0.6 is 0 Å². The van der Waals surface area contributed by atoms with E-state index < -0.39 is 11.5 Å². The minimum atomic E-state index is -0.567. The summed E-state index contributed by atoms with van der Waals surface area (Å²) in [7, 11) is 0. The zero-order valence-electron chi connectivity index (χ0n) is 16.5. The molecule has 2 aromatic carbocycles. The van der Waals surface area contributed by atoms with E-state index in [-0.39, 0.29) is 17.4 Å². The Balaban J connectivity index is 2.04. The predicted octanol–water partition coefficient (Wildman–Crippen LogP) is 4.24. The number of para-hydroxylation sites is 1. The number of hydrogen-bond donors (Lipinski definition) is 2. The summed E-state index contributed by atoms with van der Waals surface area (Å²) >= 11 is 0. The molecule has 3 rings (SSSR count). The lowest BCUT2D eigenvalue weighted by Gasteiger charge is -2.18. The summed E-state index contributed by atoms with van der Waals surface area (Å²) in [5, 5.41) is 14.1. The van der Waals surface area contributed by atoms with Gasteiger partial charge in [-0.15, -0.1) is 0 Å². The molecular weight excluding hydrogens is 352 g/mol. The Morgan fingerprint density at radius 3 is 2.36 bits per heavy atom. The number of aryl methyl sites for hydroxylation is 1. The Labute approximate surface area is 164 Å². The molecule has 1 atom stereocenters. The minimum Gasteiger partial charge on any atom is -0.506 e. The van der Waals surface area contributed by atoms with Crippen molar-refractivity contribution in [2.75, 3.05) is 0 Å². The van der Waals surface area contributed by atoms with Gasteiger partial charge in [-0.1, -0.05) is 56.3 Å². The monoisotopic (exact) mass is 378 g/mol. The van der Waals surface area contributed by atoms with E-state index in [1.807, 2.05) is 43.3 Å². The molecule has 0 radical (unpaired) electrons. The van der Waals surface area contributed by atoms with Crippen LogP contribution in [0.25, 0.3) is 10.9 Å². The lowest BCUT2D eigenvalue weighted by atomic mass is 10.1. The first-order chi connectivity index (χ1) is 13.4. The van der Waals surface area contributed by atoms with Gasteiger partial charge in [0.15, 0.2) is 0 Å². The van der Waals surface area contributed by atoms with Crippen LogP contribution in [0.3, 0.4) is 0 Å². The van der Waals surface area contributed by atoms with Gasteiger partial charge in [0, 0.05) is 11.9 Å². The lowest BCUT2D eigenvalue weighted by molar-refractivity contribution is 0.0935. The fraction of sp³-hybridized carbons (Fsp3) is 0.304. The van der Waals surface area contributed by atoms with Gasteiger partial charge in [0.2, 0.25) is 0 Å². The van der Waals surface area contributed by atoms with Crippen molar-refractivity contribution in [2.24, 2.45) is 5.92 Å². The largest absolute Gasteiger partial charge is 0.506 e. The molecule has 146 valence electrons. The maximum atomic E-state index is 13.1. The van der Waals surface area contributed by atoms with Crippen LogP contribution in [0.2, 0.25) is 0 Å². The van der Waals surface area contributed by atoms with Crippen molar-refractivity contribution < 1.29 is 9.90 Å². The van der Waals surface area contributed by atoms with Gasteiger partial charge in [0.1, 0.15) is 11.3 Å². The van der Waals surface area contributed by atoms with Crippen LogP contribution in [0.15, 0.2) is 59.4 Å². The standard InChI is InChI=1S/C23H26N2O3/c1-15(2)13-14-25-19-12-8-7-11-18(19)21(26)20(23(25)28)22(27)24-16(3)17-9-5-4-6-10-17/h4-12,15-16,26H,13-14H2,1-3H3,(H,24,27). The molecule has 5 nitrogen and oxygen atoms in total. The van der Waals surface area contributed by atoms with Crippen molar-refractivity contribution in [3.05, 3.63) is 76.1 Å². The van der Waals surface area contributed by atoms with E-state index >= 15 is 0 Å². The van der Waals surface area contributed by atoms with Gasteiger partial charge in [0.25, 0.3) is 11.5 Å². The number of hydrogen-bond acceptors (Lipinski definition) is 3. The third-order valence-corrected chi connectivity index (χ3v) is 4.95.